The molecule has 2 atom stereocenters. The van der Waals surface area contributed by atoms with Gasteiger partial charge < -0.3 is 14.2 Å². The number of carbonyl (C=O) groups is 1. The molecule has 0 radical (unpaired) electrons. The highest BCUT2D eigenvalue weighted by molar-refractivity contribution is 5.69. The van der Waals surface area contributed by atoms with Gasteiger partial charge in [-0.1, -0.05) is 24.8 Å². The van der Waals surface area contributed by atoms with Crippen molar-refractivity contribution in [3.63, 3.8) is 0 Å². The Morgan fingerprint density at radius 3 is 2.84 bits per heavy atom. The van der Waals surface area contributed by atoms with E-state index in [4.69, 9.17) is 14.2 Å². The Hall–Kier alpha value is -1.13. The zero-order valence-electron chi connectivity index (χ0n) is 11.5. The summed E-state index contributed by atoms with van der Waals surface area (Å²) in [5.74, 6) is -0.160. The van der Waals surface area contributed by atoms with Gasteiger partial charge in [-0.2, -0.15) is 0 Å². The fourth-order valence-electron chi connectivity index (χ4n) is 3.20. The van der Waals surface area contributed by atoms with Crippen molar-refractivity contribution in [1.82, 2.24) is 0 Å². The number of esters is 1. The zero-order valence-corrected chi connectivity index (χ0v) is 11.5. The molecule has 0 N–H and O–H groups in total. The Morgan fingerprint density at radius 1 is 1.47 bits per heavy atom. The Morgan fingerprint density at radius 2 is 2.21 bits per heavy atom. The van der Waals surface area contributed by atoms with Crippen LogP contribution in [0.3, 0.4) is 0 Å². The van der Waals surface area contributed by atoms with Crippen molar-refractivity contribution in [1.29, 1.82) is 0 Å². The lowest BCUT2D eigenvalue weighted by Crippen LogP contribution is -2.37. The third-order valence-corrected chi connectivity index (χ3v) is 4.09. The van der Waals surface area contributed by atoms with Crippen LogP contribution in [0.5, 0.6) is 0 Å². The third kappa shape index (κ3) is 3.07. The SMILES string of the molecule is C=C/C=C\C[C@@H]1[C@@H](CC(=O)OC)CCC12OCCO2. The average Bonchev–Trinajstić information content (AvgIpc) is 3.01. The van der Waals surface area contributed by atoms with Gasteiger partial charge in [-0.25, -0.2) is 0 Å². The molecule has 2 fully saturated rings. The van der Waals surface area contributed by atoms with Gasteiger partial charge in [0.25, 0.3) is 0 Å². The smallest absolute Gasteiger partial charge is 0.305 e. The first-order valence-electron chi connectivity index (χ1n) is 6.84. The van der Waals surface area contributed by atoms with Crippen LogP contribution in [0, 0.1) is 11.8 Å². The van der Waals surface area contributed by atoms with Gasteiger partial charge in [0.1, 0.15) is 0 Å². The summed E-state index contributed by atoms with van der Waals surface area (Å²) < 4.78 is 16.5. The maximum Gasteiger partial charge on any atom is 0.305 e. The molecule has 0 unspecified atom stereocenters. The topological polar surface area (TPSA) is 44.8 Å². The van der Waals surface area contributed by atoms with Crippen molar-refractivity contribution in [2.24, 2.45) is 11.8 Å². The van der Waals surface area contributed by atoms with E-state index in [0.717, 1.165) is 19.3 Å². The van der Waals surface area contributed by atoms with E-state index in [1.807, 2.05) is 6.08 Å². The van der Waals surface area contributed by atoms with Gasteiger partial charge in [0.15, 0.2) is 5.79 Å². The van der Waals surface area contributed by atoms with Crippen LogP contribution in [0.15, 0.2) is 24.8 Å². The summed E-state index contributed by atoms with van der Waals surface area (Å²) in [6.45, 7) is 4.96. The number of hydrogen-bond donors (Lipinski definition) is 0. The number of ether oxygens (including phenoxy) is 3. The number of allylic oxidation sites excluding steroid dienone is 3. The summed E-state index contributed by atoms with van der Waals surface area (Å²) in [4.78, 5) is 11.5. The number of rotatable bonds is 5. The van der Waals surface area contributed by atoms with Gasteiger partial charge in [-0.05, 0) is 18.8 Å². The molecule has 1 spiro atoms. The standard InChI is InChI=1S/C15H22O4/c1-3-4-5-6-13-12(11-14(16)17-2)7-8-15(13)18-9-10-19-15/h3-5,12-13H,1,6-11H2,2H3/b5-4-/t12-,13-/m1/s1. The summed E-state index contributed by atoms with van der Waals surface area (Å²) in [5, 5.41) is 0. The highest BCUT2D eigenvalue weighted by Gasteiger charge is 2.52. The number of hydrogen-bond acceptors (Lipinski definition) is 4. The van der Waals surface area contributed by atoms with Crippen LogP contribution in [-0.2, 0) is 19.0 Å². The maximum absolute atomic E-state index is 11.5. The second-order valence-electron chi connectivity index (χ2n) is 5.09. The second kappa shape index (κ2) is 6.35. The Kier molecular flexibility index (Phi) is 4.77. The normalized spacial score (nSPS) is 29.1. The van der Waals surface area contributed by atoms with Gasteiger partial charge in [-0.15, -0.1) is 0 Å². The molecule has 1 aliphatic carbocycles. The molecule has 2 aliphatic rings. The maximum atomic E-state index is 11.5. The molecule has 0 aromatic heterocycles. The highest BCUT2D eigenvalue weighted by Crippen LogP contribution is 2.49. The lowest BCUT2D eigenvalue weighted by molar-refractivity contribution is -0.186. The summed E-state index contributed by atoms with van der Waals surface area (Å²) in [6.07, 6.45) is 8.84. The van der Waals surface area contributed by atoms with Crippen LogP contribution in [0.4, 0.5) is 0 Å². The molecule has 2 rings (SSSR count). The van der Waals surface area contributed by atoms with Crippen LogP contribution >= 0.6 is 0 Å². The molecule has 1 saturated heterocycles. The lowest BCUT2D eigenvalue weighted by Gasteiger charge is -2.31. The first-order valence-corrected chi connectivity index (χ1v) is 6.84. The van der Waals surface area contributed by atoms with E-state index in [2.05, 4.69) is 12.7 Å². The summed E-state index contributed by atoms with van der Waals surface area (Å²) in [7, 11) is 1.43. The van der Waals surface area contributed by atoms with Crippen LogP contribution in [0.1, 0.15) is 25.7 Å². The second-order valence-corrected chi connectivity index (χ2v) is 5.09. The first kappa shape index (κ1) is 14.3. The summed E-state index contributed by atoms with van der Waals surface area (Å²) in [6, 6.07) is 0. The van der Waals surface area contributed by atoms with Gasteiger partial charge in [0, 0.05) is 18.8 Å². The van der Waals surface area contributed by atoms with Crippen molar-refractivity contribution >= 4 is 5.97 Å². The van der Waals surface area contributed by atoms with E-state index in [1.54, 1.807) is 6.08 Å². The van der Waals surface area contributed by atoms with Gasteiger partial charge >= 0.3 is 5.97 Å². The predicted molar refractivity (Wildman–Crippen MR) is 71.4 cm³/mol. The Bertz CT molecular complexity index is 355. The Labute approximate surface area is 114 Å². The van der Waals surface area contributed by atoms with Crippen LogP contribution in [0.25, 0.3) is 0 Å². The monoisotopic (exact) mass is 266 g/mol. The van der Waals surface area contributed by atoms with E-state index in [9.17, 15) is 4.79 Å². The average molecular weight is 266 g/mol. The fraction of sp³-hybridized carbons (Fsp3) is 0.667. The van der Waals surface area contributed by atoms with Gasteiger partial charge in [0.2, 0.25) is 0 Å². The molecule has 1 saturated carbocycles. The zero-order chi connectivity index (χ0) is 13.7. The fourth-order valence-corrected chi connectivity index (χ4v) is 3.20. The van der Waals surface area contributed by atoms with E-state index in [1.165, 1.54) is 7.11 Å². The lowest BCUT2D eigenvalue weighted by atomic mass is 9.87. The summed E-state index contributed by atoms with van der Waals surface area (Å²) in [5.41, 5.74) is 0. The minimum absolute atomic E-state index is 0.155. The largest absolute Gasteiger partial charge is 0.469 e. The molecule has 4 nitrogen and oxygen atoms in total. The number of carbonyl (C=O) groups excluding carboxylic acids is 1. The predicted octanol–water partition coefficient (Wildman–Crippen LogP) is 2.45. The van der Waals surface area contributed by atoms with Crippen molar-refractivity contribution in [3.05, 3.63) is 24.8 Å². The molecular formula is C15H22O4. The van der Waals surface area contributed by atoms with Crippen LogP contribution in [0.2, 0.25) is 0 Å². The number of methoxy groups -OCH3 is 1. The first-order chi connectivity index (χ1) is 9.22. The van der Waals surface area contributed by atoms with E-state index in [0.29, 0.717) is 19.6 Å². The molecule has 1 heterocycles. The molecule has 4 heteroatoms. The van der Waals surface area contributed by atoms with Gasteiger partial charge in [-0.3, -0.25) is 4.79 Å². The van der Waals surface area contributed by atoms with E-state index < -0.39 is 5.79 Å². The van der Waals surface area contributed by atoms with Crippen molar-refractivity contribution in [2.75, 3.05) is 20.3 Å². The third-order valence-electron chi connectivity index (χ3n) is 4.09. The summed E-state index contributed by atoms with van der Waals surface area (Å²) >= 11 is 0. The minimum atomic E-state index is -0.482. The molecule has 106 valence electrons. The minimum Gasteiger partial charge on any atom is -0.469 e. The molecular weight excluding hydrogens is 244 g/mol. The molecule has 1 aliphatic heterocycles. The Balaban J connectivity index is 2.07. The van der Waals surface area contributed by atoms with Crippen LogP contribution < -0.4 is 0 Å². The molecule has 0 bridgehead atoms. The van der Waals surface area contributed by atoms with Crippen molar-refractivity contribution in [3.8, 4) is 0 Å². The van der Waals surface area contributed by atoms with Crippen LogP contribution in [-0.4, -0.2) is 32.1 Å². The van der Waals surface area contributed by atoms with Crippen molar-refractivity contribution < 1.29 is 19.0 Å². The van der Waals surface area contributed by atoms with Gasteiger partial charge in [0.05, 0.1) is 20.3 Å². The molecule has 19 heavy (non-hydrogen) atoms. The van der Waals surface area contributed by atoms with E-state index in [-0.39, 0.29) is 17.8 Å². The highest BCUT2D eigenvalue weighted by atomic mass is 16.7. The molecule has 0 aromatic carbocycles. The van der Waals surface area contributed by atoms with E-state index >= 15 is 0 Å². The molecule has 0 amide bonds. The quantitative estimate of drug-likeness (QED) is 0.566. The van der Waals surface area contributed by atoms with Crippen molar-refractivity contribution in [2.45, 2.75) is 31.5 Å². The molecule has 0 aromatic rings.